The summed E-state index contributed by atoms with van der Waals surface area (Å²) >= 11 is 0. The largest absolute Gasteiger partial charge is 2.00 e. The maximum Gasteiger partial charge on any atom is 2.00 e. The van der Waals surface area contributed by atoms with Crippen molar-refractivity contribution in [2.75, 3.05) is 0 Å². The molecule has 1 aromatic heterocycles. The maximum atomic E-state index is 9.77. The Kier molecular flexibility index (Phi) is 13.4. The second-order valence-corrected chi connectivity index (χ2v) is 2.98. The van der Waals surface area contributed by atoms with Gasteiger partial charge in [-0.2, -0.15) is 0 Å². The predicted molar refractivity (Wildman–Crippen MR) is 52.7 cm³/mol. The molecule has 0 saturated carbocycles. The first kappa shape index (κ1) is 18.0. The fourth-order valence-corrected chi connectivity index (χ4v) is 0.851. The quantitative estimate of drug-likeness (QED) is 0.654. The number of aromatic nitrogens is 1. The van der Waals surface area contributed by atoms with E-state index in [0.717, 1.165) is 0 Å². The van der Waals surface area contributed by atoms with Gasteiger partial charge in [0.15, 0.2) is 0 Å². The number of rotatable bonds is 5. The van der Waals surface area contributed by atoms with Crippen LogP contribution in [0.25, 0.3) is 0 Å². The molecule has 0 saturated heterocycles. The first-order valence-electron chi connectivity index (χ1n) is 4.87. The Morgan fingerprint density at radius 3 is 1.47 bits per heavy atom. The number of unbranched alkanes of at least 4 members (excludes halogenated alkanes) is 1. The summed E-state index contributed by atoms with van der Waals surface area (Å²) in [6, 6.07) is 5.72. The molecule has 1 aromatic rings. The molecule has 0 aromatic carbocycles. The summed E-state index contributed by atoms with van der Waals surface area (Å²) in [5, 5.41) is 19.5. The molecular weight excluding hydrogens is 269 g/mol. The van der Waals surface area contributed by atoms with Crippen LogP contribution in [0, 0.1) is 0 Å². The average Bonchev–Trinajstić information content (AvgIpc) is 2.27. The average molecular weight is 282 g/mol. The first-order valence-corrected chi connectivity index (χ1v) is 4.87. The van der Waals surface area contributed by atoms with Gasteiger partial charge in [0, 0.05) is 24.3 Å². The van der Waals surface area contributed by atoms with Crippen molar-refractivity contribution in [1.82, 2.24) is 4.98 Å². The minimum absolute atomic E-state index is 0. The Balaban J connectivity index is 0. The summed E-state index contributed by atoms with van der Waals surface area (Å²) in [5.41, 5.74) is 0. The molecule has 5 nitrogen and oxygen atoms in total. The number of carboxylic acids is 2. The third-order valence-electron chi connectivity index (χ3n) is 1.58. The van der Waals surface area contributed by atoms with Crippen LogP contribution in [0.2, 0.25) is 0 Å². The minimum Gasteiger partial charge on any atom is -0.550 e. The summed E-state index contributed by atoms with van der Waals surface area (Å²) in [6.45, 7) is 0. The Hall–Kier alpha value is -1.40. The van der Waals surface area contributed by atoms with Gasteiger partial charge in [0.2, 0.25) is 0 Å². The topological polar surface area (TPSA) is 93.1 Å². The molecule has 0 bridgehead atoms. The van der Waals surface area contributed by atoms with Crippen LogP contribution in [-0.4, -0.2) is 16.9 Å². The SMILES string of the molecule is O=C([O-])CCCCC(=O)[O-].[Co+2].c1ccncc1. The van der Waals surface area contributed by atoms with Crippen LogP contribution in [0.5, 0.6) is 0 Å². The van der Waals surface area contributed by atoms with Gasteiger partial charge in [0.05, 0.1) is 0 Å². The van der Waals surface area contributed by atoms with Gasteiger partial charge < -0.3 is 19.8 Å². The molecule has 6 heteroatoms. The van der Waals surface area contributed by atoms with Crippen molar-refractivity contribution in [2.45, 2.75) is 25.7 Å². The van der Waals surface area contributed by atoms with Crippen molar-refractivity contribution in [1.29, 1.82) is 0 Å². The van der Waals surface area contributed by atoms with Crippen molar-refractivity contribution < 1.29 is 36.6 Å². The predicted octanol–water partition coefficient (Wildman–Crippen LogP) is -0.874. The number of carbonyl (C=O) groups excluding carboxylic acids is 2. The molecular formula is C11H13CoNO4. The number of hydrogen-bond acceptors (Lipinski definition) is 5. The minimum atomic E-state index is -1.14. The Morgan fingerprint density at radius 2 is 1.29 bits per heavy atom. The van der Waals surface area contributed by atoms with Gasteiger partial charge in [-0.25, -0.2) is 0 Å². The van der Waals surface area contributed by atoms with E-state index in [1.807, 2.05) is 18.2 Å². The van der Waals surface area contributed by atoms with Crippen LogP contribution in [0.15, 0.2) is 30.6 Å². The van der Waals surface area contributed by atoms with E-state index in [2.05, 4.69) is 4.98 Å². The zero-order valence-corrected chi connectivity index (χ0v) is 10.2. The number of carbonyl (C=O) groups is 2. The summed E-state index contributed by atoms with van der Waals surface area (Å²) in [6.07, 6.45) is 4.03. The monoisotopic (exact) mass is 282 g/mol. The molecule has 0 aliphatic heterocycles. The second kappa shape index (κ2) is 12.7. The summed E-state index contributed by atoms with van der Waals surface area (Å²) < 4.78 is 0. The molecule has 0 aliphatic carbocycles. The van der Waals surface area contributed by atoms with E-state index in [0.29, 0.717) is 12.8 Å². The van der Waals surface area contributed by atoms with Crippen LogP contribution >= 0.6 is 0 Å². The van der Waals surface area contributed by atoms with Crippen LogP contribution in [-0.2, 0) is 26.4 Å². The van der Waals surface area contributed by atoms with Gasteiger partial charge in [-0.05, 0) is 37.8 Å². The number of carboxylic acid groups (broad SMARTS) is 2. The summed E-state index contributed by atoms with van der Waals surface area (Å²) in [4.78, 5) is 23.3. The van der Waals surface area contributed by atoms with E-state index in [1.165, 1.54) is 0 Å². The van der Waals surface area contributed by atoms with Crippen LogP contribution in [0.1, 0.15) is 25.7 Å². The van der Waals surface area contributed by atoms with Gasteiger partial charge in [0.1, 0.15) is 0 Å². The Labute approximate surface area is 110 Å². The van der Waals surface area contributed by atoms with Gasteiger partial charge in [-0.3, -0.25) is 4.98 Å². The number of pyridine rings is 1. The molecule has 0 atom stereocenters. The third-order valence-corrected chi connectivity index (χ3v) is 1.58. The van der Waals surface area contributed by atoms with Crippen LogP contribution in [0.3, 0.4) is 0 Å². The van der Waals surface area contributed by atoms with Crippen molar-refractivity contribution >= 4 is 11.9 Å². The molecule has 0 amide bonds. The van der Waals surface area contributed by atoms with Gasteiger partial charge in [0.25, 0.3) is 0 Å². The Morgan fingerprint density at radius 1 is 0.882 bits per heavy atom. The van der Waals surface area contributed by atoms with Crippen LogP contribution in [0.4, 0.5) is 0 Å². The molecule has 0 N–H and O–H groups in total. The Bertz CT molecular complexity index is 263. The van der Waals surface area contributed by atoms with Gasteiger partial charge in [-0.1, -0.05) is 6.07 Å². The summed E-state index contributed by atoms with van der Waals surface area (Å²) in [7, 11) is 0. The fraction of sp³-hybridized carbons (Fsp3) is 0.364. The number of hydrogen-bond donors (Lipinski definition) is 0. The maximum absolute atomic E-state index is 9.77. The molecule has 17 heavy (non-hydrogen) atoms. The fourth-order valence-electron chi connectivity index (χ4n) is 0.851. The van der Waals surface area contributed by atoms with E-state index in [9.17, 15) is 19.8 Å². The molecule has 0 spiro atoms. The van der Waals surface area contributed by atoms with Crippen molar-refractivity contribution in [2.24, 2.45) is 0 Å². The van der Waals surface area contributed by atoms with E-state index in [4.69, 9.17) is 0 Å². The zero-order chi connectivity index (χ0) is 12.2. The molecule has 1 radical (unpaired) electrons. The number of aliphatic carboxylic acids is 2. The first-order chi connectivity index (χ1) is 7.63. The van der Waals surface area contributed by atoms with E-state index in [-0.39, 0.29) is 29.6 Å². The molecule has 1 heterocycles. The summed E-state index contributed by atoms with van der Waals surface area (Å²) in [5.74, 6) is -2.28. The molecule has 0 aliphatic rings. The second-order valence-electron chi connectivity index (χ2n) is 2.98. The van der Waals surface area contributed by atoms with Crippen molar-refractivity contribution in [3.8, 4) is 0 Å². The van der Waals surface area contributed by atoms with Crippen molar-refractivity contribution in [3.63, 3.8) is 0 Å². The zero-order valence-electron chi connectivity index (χ0n) is 9.13. The molecule has 1 rings (SSSR count). The molecule has 95 valence electrons. The smallest absolute Gasteiger partial charge is 0.550 e. The van der Waals surface area contributed by atoms with Gasteiger partial charge in [-0.15, -0.1) is 0 Å². The third kappa shape index (κ3) is 17.2. The molecule has 0 fully saturated rings. The normalized spacial score (nSPS) is 8.24. The van der Waals surface area contributed by atoms with Crippen molar-refractivity contribution in [3.05, 3.63) is 30.6 Å². The molecule has 0 unspecified atom stereocenters. The van der Waals surface area contributed by atoms with Gasteiger partial charge >= 0.3 is 16.8 Å². The van der Waals surface area contributed by atoms with E-state index < -0.39 is 11.9 Å². The van der Waals surface area contributed by atoms with E-state index >= 15 is 0 Å². The van der Waals surface area contributed by atoms with E-state index in [1.54, 1.807) is 12.4 Å². The number of nitrogens with zero attached hydrogens (tertiary/aromatic N) is 1. The van der Waals surface area contributed by atoms with Crippen LogP contribution < -0.4 is 10.2 Å². The standard InChI is InChI=1S/C6H10O4.C5H5N.Co/c7-5(8)3-1-2-4-6(9)10;1-2-4-6-5-3-1;/h1-4H2,(H,7,8)(H,9,10);1-5H;/q;;+2/p-2.